The number of benzene rings is 2. The van der Waals surface area contributed by atoms with E-state index in [1.165, 1.54) is 18.4 Å². The fourth-order valence-corrected chi connectivity index (χ4v) is 3.82. The van der Waals surface area contributed by atoms with E-state index in [0.717, 1.165) is 11.3 Å². The minimum absolute atomic E-state index is 0.0465. The smallest absolute Gasteiger partial charge is 0.241 e. The lowest BCUT2D eigenvalue weighted by molar-refractivity contribution is -0.116. The fourth-order valence-electron chi connectivity index (χ4n) is 2.78. The molecule has 3 rings (SSSR count). The molecule has 0 spiro atoms. The molecule has 0 saturated carbocycles. The highest BCUT2D eigenvalue weighted by molar-refractivity contribution is 7.89. The van der Waals surface area contributed by atoms with Crippen molar-refractivity contribution in [1.82, 2.24) is 4.72 Å². The maximum atomic E-state index is 12.5. The van der Waals surface area contributed by atoms with Crippen molar-refractivity contribution < 1.29 is 22.4 Å². The number of ether oxygens (including phenoxy) is 1. The molecule has 0 aliphatic carbocycles. The van der Waals surface area contributed by atoms with Gasteiger partial charge >= 0.3 is 0 Å². The summed E-state index contributed by atoms with van der Waals surface area (Å²) in [5, 5.41) is 2.74. The molecule has 2 aromatic carbocycles. The fraction of sp³-hybridized carbons (Fsp3) is 0.190. The summed E-state index contributed by atoms with van der Waals surface area (Å²) >= 11 is 0. The van der Waals surface area contributed by atoms with Crippen LogP contribution in [0.1, 0.15) is 17.7 Å². The molecule has 0 bridgehead atoms. The first kappa shape index (κ1) is 20.6. The monoisotopic (exact) mass is 414 g/mol. The van der Waals surface area contributed by atoms with Gasteiger partial charge in [-0.1, -0.05) is 24.3 Å². The van der Waals surface area contributed by atoms with Crippen molar-refractivity contribution in [3.63, 3.8) is 0 Å². The van der Waals surface area contributed by atoms with Crippen LogP contribution in [0, 0.1) is 0 Å². The number of furan rings is 1. The molecule has 0 atom stereocenters. The molecule has 1 heterocycles. The normalized spacial score (nSPS) is 11.2. The highest BCUT2D eigenvalue weighted by Gasteiger charge is 2.15. The molecular weight excluding hydrogens is 392 g/mol. The lowest BCUT2D eigenvalue weighted by atomic mass is 10.1. The van der Waals surface area contributed by atoms with Crippen molar-refractivity contribution in [2.45, 2.75) is 24.3 Å². The average Bonchev–Trinajstić information content (AvgIpc) is 3.25. The Labute approximate surface area is 169 Å². The highest BCUT2D eigenvalue weighted by Crippen LogP contribution is 2.20. The highest BCUT2D eigenvalue weighted by atomic mass is 32.2. The van der Waals surface area contributed by atoms with E-state index in [4.69, 9.17) is 9.15 Å². The van der Waals surface area contributed by atoms with Gasteiger partial charge in [0.15, 0.2) is 0 Å². The lowest BCUT2D eigenvalue weighted by Crippen LogP contribution is -2.23. The van der Waals surface area contributed by atoms with E-state index in [-0.39, 0.29) is 23.8 Å². The molecule has 0 aliphatic rings. The molecule has 152 valence electrons. The summed E-state index contributed by atoms with van der Waals surface area (Å²) in [6.45, 7) is 0.0465. The van der Waals surface area contributed by atoms with Gasteiger partial charge in [-0.05, 0) is 48.4 Å². The van der Waals surface area contributed by atoms with Gasteiger partial charge in [0.05, 0.1) is 24.8 Å². The van der Waals surface area contributed by atoms with Crippen molar-refractivity contribution in [1.29, 1.82) is 0 Å². The molecule has 0 radical (unpaired) electrons. The summed E-state index contributed by atoms with van der Waals surface area (Å²) in [5.41, 5.74) is 1.35. The van der Waals surface area contributed by atoms with Gasteiger partial charge in [-0.25, -0.2) is 13.1 Å². The number of para-hydroxylation sites is 1. The van der Waals surface area contributed by atoms with Crippen LogP contribution in [0.15, 0.2) is 76.2 Å². The van der Waals surface area contributed by atoms with Crippen molar-refractivity contribution in [2.75, 3.05) is 12.4 Å². The van der Waals surface area contributed by atoms with Crippen LogP contribution in [0.2, 0.25) is 0 Å². The van der Waals surface area contributed by atoms with Gasteiger partial charge in [-0.3, -0.25) is 4.79 Å². The van der Waals surface area contributed by atoms with Crippen LogP contribution < -0.4 is 14.8 Å². The standard InChI is InChI=1S/C21H22N2O5S/c1-27-20-10-3-2-6-16(20)11-12-21(24)23-17-7-4-9-19(14-17)29(25,26)22-15-18-8-5-13-28-18/h2-10,13-14,22H,11-12,15H2,1H3,(H,23,24). The number of aryl methyl sites for hydroxylation is 1. The first-order valence-corrected chi connectivity index (χ1v) is 10.5. The van der Waals surface area contributed by atoms with Gasteiger partial charge in [-0.15, -0.1) is 0 Å². The Kier molecular flexibility index (Phi) is 6.69. The number of hydrogen-bond donors (Lipinski definition) is 2. The van der Waals surface area contributed by atoms with Crippen molar-refractivity contribution in [2.24, 2.45) is 0 Å². The van der Waals surface area contributed by atoms with E-state index in [1.807, 2.05) is 24.3 Å². The molecular formula is C21H22N2O5S. The largest absolute Gasteiger partial charge is 0.496 e. The Morgan fingerprint density at radius 3 is 2.66 bits per heavy atom. The molecule has 0 fully saturated rings. The predicted molar refractivity (Wildman–Crippen MR) is 109 cm³/mol. The number of nitrogens with one attached hydrogen (secondary N) is 2. The van der Waals surface area contributed by atoms with E-state index >= 15 is 0 Å². The second-order valence-electron chi connectivity index (χ2n) is 6.29. The molecule has 8 heteroatoms. The van der Waals surface area contributed by atoms with Crippen LogP contribution in [-0.4, -0.2) is 21.4 Å². The first-order valence-electron chi connectivity index (χ1n) is 9.02. The van der Waals surface area contributed by atoms with E-state index in [0.29, 0.717) is 17.9 Å². The number of carbonyl (C=O) groups excluding carboxylic acids is 1. The predicted octanol–water partition coefficient (Wildman–Crippen LogP) is 3.34. The van der Waals surface area contributed by atoms with Crippen molar-refractivity contribution >= 4 is 21.6 Å². The summed E-state index contributed by atoms with van der Waals surface area (Å²) in [6.07, 6.45) is 2.23. The van der Waals surface area contributed by atoms with Gasteiger partial charge < -0.3 is 14.5 Å². The maximum absolute atomic E-state index is 12.5. The molecule has 0 aliphatic heterocycles. The van der Waals surface area contributed by atoms with Gasteiger partial charge in [-0.2, -0.15) is 0 Å². The SMILES string of the molecule is COc1ccccc1CCC(=O)Nc1cccc(S(=O)(=O)NCc2ccco2)c1. The topological polar surface area (TPSA) is 97.6 Å². The Hall–Kier alpha value is -3.10. The van der Waals surface area contributed by atoms with Crippen molar-refractivity contribution in [3.05, 3.63) is 78.3 Å². The lowest BCUT2D eigenvalue weighted by Gasteiger charge is -2.10. The van der Waals surface area contributed by atoms with E-state index < -0.39 is 10.0 Å². The quantitative estimate of drug-likeness (QED) is 0.560. The zero-order valence-corrected chi connectivity index (χ0v) is 16.7. The van der Waals surface area contributed by atoms with Crippen LogP contribution in [0.5, 0.6) is 5.75 Å². The molecule has 29 heavy (non-hydrogen) atoms. The average molecular weight is 414 g/mol. The Morgan fingerprint density at radius 1 is 1.07 bits per heavy atom. The van der Waals surface area contributed by atoms with Crippen LogP contribution in [0.25, 0.3) is 0 Å². The van der Waals surface area contributed by atoms with Crippen LogP contribution in [0.3, 0.4) is 0 Å². The van der Waals surface area contributed by atoms with E-state index in [2.05, 4.69) is 10.0 Å². The zero-order chi connectivity index (χ0) is 20.7. The molecule has 0 unspecified atom stereocenters. The molecule has 1 amide bonds. The third-order valence-electron chi connectivity index (χ3n) is 4.26. The number of carbonyl (C=O) groups is 1. The summed E-state index contributed by atoms with van der Waals surface area (Å²) in [5.74, 6) is 1.03. The Balaban J connectivity index is 1.60. The first-order chi connectivity index (χ1) is 14.0. The summed E-state index contributed by atoms with van der Waals surface area (Å²) < 4.78 is 37.8. The summed E-state index contributed by atoms with van der Waals surface area (Å²) in [7, 11) is -2.15. The van der Waals surface area contributed by atoms with E-state index in [9.17, 15) is 13.2 Å². The molecule has 7 nitrogen and oxygen atoms in total. The van der Waals surface area contributed by atoms with Crippen LogP contribution >= 0.6 is 0 Å². The van der Waals surface area contributed by atoms with Gasteiger partial charge in [0.2, 0.25) is 15.9 Å². The van der Waals surface area contributed by atoms with Crippen molar-refractivity contribution in [3.8, 4) is 5.75 Å². The number of amides is 1. The number of anilines is 1. The second kappa shape index (κ2) is 9.40. The summed E-state index contributed by atoms with van der Waals surface area (Å²) in [4.78, 5) is 12.4. The molecule has 1 aromatic heterocycles. The number of rotatable bonds is 9. The van der Waals surface area contributed by atoms with Gasteiger partial charge in [0.25, 0.3) is 0 Å². The third kappa shape index (κ3) is 5.69. The zero-order valence-electron chi connectivity index (χ0n) is 15.9. The minimum atomic E-state index is -3.74. The van der Waals surface area contributed by atoms with Crippen LogP contribution in [-0.2, 0) is 27.8 Å². The number of sulfonamides is 1. The van der Waals surface area contributed by atoms with E-state index in [1.54, 1.807) is 31.4 Å². The minimum Gasteiger partial charge on any atom is -0.496 e. The Morgan fingerprint density at radius 2 is 1.90 bits per heavy atom. The molecule has 3 aromatic rings. The number of hydrogen-bond acceptors (Lipinski definition) is 5. The maximum Gasteiger partial charge on any atom is 0.241 e. The number of methoxy groups -OCH3 is 1. The van der Waals surface area contributed by atoms with Crippen LogP contribution in [0.4, 0.5) is 5.69 Å². The molecule has 0 saturated heterocycles. The Bertz CT molecular complexity index is 1060. The van der Waals surface area contributed by atoms with Gasteiger partial charge in [0.1, 0.15) is 11.5 Å². The third-order valence-corrected chi connectivity index (χ3v) is 5.66. The molecule has 2 N–H and O–H groups in total. The summed E-state index contributed by atoms with van der Waals surface area (Å²) in [6, 6.07) is 17.0. The second-order valence-corrected chi connectivity index (χ2v) is 8.06. The van der Waals surface area contributed by atoms with Gasteiger partial charge in [0, 0.05) is 12.1 Å².